The Morgan fingerprint density at radius 3 is 2.60 bits per heavy atom. The van der Waals surface area contributed by atoms with Gasteiger partial charge in [0, 0.05) is 5.56 Å². The van der Waals surface area contributed by atoms with Gasteiger partial charge < -0.3 is 4.74 Å². The number of hydrogen-bond donors (Lipinski definition) is 0. The van der Waals surface area contributed by atoms with Gasteiger partial charge in [-0.2, -0.15) is 4.65 Å². The quantitative estimate of drug-likeness (QED) is 0.644. The maximum atomic E-state index is 6.35. The Morgan fingerprint density at radius 2 is 1.72 bits per heavy atom. The summed E-state index contributed by atoms with van der Waals surface area (Å²) >= 11 is 0. The molecule has 2 aliphatic rings. The van der Waals surface area contributed by atoms with E-state index in [1.165, 1.54) is 21.9 Å². The third-order valence-electron chi connectivity index (χ3n) is 5.64. The second-order valence-corrected chi connectivity index (χ2v) is 7.33. The van der Waals surface area contributed by atoms with Crippen molar-refractivity contribution >= 4 is 10.8 Å². The molecule has 1 saturated heterocycles. The van der Waals surface area contributed by atoms with Gasteiger partial charge >= 0.3 is 0 Å². The van der Waals surface area contributed by atoms with Crippen molar-refractivity contribution in [2.24, 2.45) is 5.92 Å². The number of ether oxygens (including phenoxy) is 1. The number of fused-ring (bicyclic) bond motifs is 5. The van der Waals surface area contributed by atoms with E-state index in [-0.39, 0.29) is 0 Å². The Hall–Kier alpha value is -2.36. The molecule has 1 fully saturated rings. The van der Waals surface area contributed by atoms with Gasteiger partial charge in [-0.1, -0.05) is 60.7 Å². The van der Waals surface area contributed by atoms with Crippen molar-refractivity contribution in [3.63, 3.8) is 0 Å². The standard InChI is InChI=1S/C22H22NO2/c1-23(13-16-7-3-2-4-8-16)22-18(15-25-23)14-24-20-12-11-17-9-5-6-10-19(17)21(20)22/h2-12,18,22H,13-15H2,1H3/q+1/t18-,22+,23+/m0/s1. The van der Waals surface area contributed by atoms with E-state index in [4.69, 9.17) is 9.57 Å². The predicted molar refractivity (Wildman–Crippen MR) is 98.0 cm³/mol. The Morgan fingerprint density at radius 1 is 0.920 bits per heavy atom. The average molecular weight is 332 g/mol. The summed E-state index contributed by atoms with van der Waals surface area (Å²) in [6.07, 6.45) is 0. The molecule has 0 aromatic heterocycles. The fraction of sp³-hybridized carbons (Fsp3) is 0.273. The van der Waals surface area contributed by atoms with E-state index in [1.807, 2.05) is 0 Å². The Balaban J connectivity index is 1.65. The van der Waals surface area contributed by atoms with Crippen LogP contribution in [0.3, 0.4) is 0 Å². The normalized spacial score (nSPS) is 27.6. The summed E-state index contributed by atoms with van der Waals surface area (Å²) < 4.78 is 6.68. The highest BCUT2D eigenvalue weighted by molar-refractivity contribution is 5.88. The van der Waals surface area contributed by atoms with Gasteiger partial charge in [-0.05, 0) is 16.8 Å². The van der Waals surface area contributed by atoms with Crippen LogP contribution < -0.4 is 4.74 Å². The molecule has 0 N–H and O–H groups in total. The second-order valence-electron chi connectivity index (χ2n) is 7.33. The zero-order valence-electron chi connectivity index (χ0n) is 14.4. The SMILES string of the molecule is C[N@+]1(Cc2ccccc2)OC[C@@H]2COc3ccc4ccccc4c3[C@@H]21. The molecule has 25 heavy (non-hydrogen) atoms. The Kier molecular flexibility index (Phi) is 3.34. The first-order valence-electron chi connectivity index (χ1n) is 8.93. The molecule has 2 heterocycles. The molecule has 126 valence electrons. The van der Waals surface area contributed by atoms with Crippen LogP contribution >= 0.6 is 0 Å². The number of hydroxylamine groups is 3. The largest absolute Gasteiger partial charge is 0.492 e. The number of hydrogen-bond acceptors (Lipinski definition) is 2. The highest BCUT2D eigenvalue weighted by Gasteiger charge is 2.52. The lowest BCUT2D eigenvalue weighted by Crippen LogP contribution is -2.44. The minimum atomic E-state index is 0.301. The van der Waals surface area contributed by atoms with Crippen LogP contribution in [0.4, 0.5) is 0 Å². The molecule has 0 amide bonds. The van der Waals surface area contributed by atoms with Gasteiger partial charge in [0.25, 0.3) is 0 Å². The van der Waals surface area contributed by atoms with E-state index in [1.54, 1.807) is 0 Å². The molecule has 0 saturated carbocycles. The topological polar surface area (TPSA) is 18.5 Å². The molecule has 0 bridgehead atoms. The molecule has 3 aromatic carbocycles. The first-order valence-corrected chi connectivity index (χ1v) is 8.93. The molecule has 0 aliphatic carbocycles. The van der Waals surface area contributed by atoms with E-state index in [0.29, 0.717) is 16.6 Å². The lowest BCUT2D eigenvalue weighted by molar-refractivity contribution is -1.11. The summed E-state index contributed by atoms with van der Waals surface area (Å²) in [5.74, 6) is 1.41. The Bertz CT molecular complexity index is 924. The molecule has 0 radical (unpaired) electrons. The molecular formula is C22H22NO2+. The van der Waals surface area contributed by atoms with E-state index in [2.05, 4.69) is 73.8 Å². The molecule has 3 heteroatoms. The number of rotatable bonds is 2. The van der Waals surface area contributed by atoms with E-state index in [0.717, 1.165) is 25.5 Å². The molecule has 2 aliphatic heterocycles. The minimum absolute atomic E-state index is 0.301. The van der Waals surface area contributed by atoms with E-state index >= 15 is 0 Å². The highest BCUT2D eigenvalue weighted by Crippen LogP contribution is 2.50. The van der Waals surface area contributed by atoms with Crippen molar-refractivity contribution in [3.05, 3.63) is 77.9 Å². The van der Waals surface area contributed by atoms with Crippen LogP contribution in [0.25, 0.3) is 10.8 Å². The summed E-state index contributed by atoms with van der Waals surface area (Å²) in [5.41, 5.74) is 2.62. The van der Waals surface area contributed by atoms with Gasteiger partial charge in [-0.15, -0.1) is 0 Å². The number of quaternary nitrogens is 1. The molecule has 5 rings (SSSR count). The van der Waals surface area contributed by atoms with Crippen LogP contribution in [-0.2, 0) is 11.4 Å². The third-order valence-corrected chi connectivity index (χ3v) is 5.64. The van der Waals surface area contributed by atoms with Gasteiger partial charge in [0.2, 0.25) is 0 Å². The smallest absolute Gasteiger partial charge is 0.157 e. The maximum absolute atomic E-state index is 6.35. The fourth-order valence-corrected chi connectivity index (χ4v) is 4.52. The van der Waals surface area contributed by atoms with Gasteiger partial charge in [0.15, 0.2) is 6.04 Å². The van der Waals surface area contributed by atoms with Crippen molar-refractivity contribution in [2.75, 3.05) is 20.3 Å². The van der Waals surface area contributed by atoms with Crippen LogP contribution in [0.1, 0.15) is 17.2 Å². The van der Waals surface area contributed by atoms with Crippen LogP contribution in [-0.4, -0.2) is 24.9 Å². The fourth-order valence-electron chi connectivity index (χ4n) is 4.52. The minimum Gasteiger partial charge on any atom is -0.492 e. The second kappa shape index (κ2) is 5.58. The zero-order chi connectivity index (χ0) is 16.9. The summed E-state index contributed by atoms with van der Waals surface area (Å²) in [5, 5.41) is 2.56. The number of nitrogens with zero attached hydrogens (tertiary/aromatic N) is 1. The lowest BCUT2D eigenvalue weighted by Gasteiger charge is -2.37. The molecule has 3 nitrogen and oxygen atoms in total. The van der Waals surface area contributed by atoms with E-state index < -0.39 is 0 Å². The van der Waals surface area contributed by atoms with Crippen molar-refractivity contribution in [1.29, 1.82) is 0 Å². The van der Waals surface area contributed by atoms with Crippen molar-refractivity contribution in [2.45, 2.75) is 12.6 Å². The molecule has 0 unspecified atom stereocenters. The van der Waals surface area contributed by atoms with Gasteiger partial charge in [-0.25, -0.2) is 4.84 Å². The molecule has 3 atom stereocenters. The first-order chi connectivity index (χ1) is 12.2. The van der Waals surface area contributed by atoms with Gasteiger partial charge in [0.1, 0.15) is 18.9 Å². The lowest BCUT2D eigenvalue weighted by atomic mass is 9.87. The van der Waals surface area contributed by atoms with Gasteiger partial charge in [0.05, 0.1) is 25.1 Å². The van der Waals surface area contributed by atoms with E-state index in [9.17, 15) is 0 Å². The summed E-state index contributed by atoms with van der Waals surface area (Å²) in [6.45, 7) is 2.35. The zero-order valence-corrected chi connectivity index (χ0v) is 14.4. The highest BCUT2D eigenvalue weighted by atomic mass is 16.7. The molecule has 3 aromatic rings. The predicted octanol–water partition coefficient (Wildman–Crippen LogP) is 4.48. The summed E-state index contributed by atoms with van der Waals surface area (Å²) in [4.78, 5) is 6.35. The van der Waals surface area contributed by atoms with Crippen molar-refractivity contribution < 1.29 is 14.2 Å². The maximum Gasteiger partial charge on any atom is 0.157 e. The van der Waals surface area contributed by atoms with Gasteiger partial charge in [-0.3, -0.25) is 0 Å². The van der Waals surface area contributed by atoms with Crippen LogP contribution in [0, 0.1) is 5.92 Å². The third kappa shape index (κ3) is 2.35. The van der Waals surface area contributed by atoms with Crippen LogP contribution in [0.15, 0.2) is 66.7 Å². The van der Waals surface area contributed by atoms with Crippen molar-refractivity contribution in [1.82, 2.24) is 0 Å². The number of benzene rings is 3. The molecule has 0 spiro atoms. The van der Waals surface area contributed by atoms with Crippen LogP contribution in [0.2, 0.25) is 0 Å². The first kappa shape index (κ1) is 14.9. The average Bonchev–Trinajstić information content (AvgIpc) is 2.99. The molecular weight excluding hydrogens is 310 g/mol. The monoisotopic (exact) mass is 332 g/mol. The van der Waals surface area contributed by atoms with Crippen molar-refractivity contribution in [3.8, 4) is 5.75 Å². The summed E-state index contributed by atoms with van der Waals surface area (Å²) in [6, 6.07) is 23.8. The Labute approximate surface area is 147 Å². The summed E-state index contributed by atoms with van der Waals surface area (Å²) in [7, 11) is 2.22. The van der Waals surface area contributed by atoms with Crippen LogP contribution in [0.5, 0.6) is 5.75 Å².